The van der Waals surface area contributed by atoms with Crippen molar-refractivity contribution in [1.82, 2.24) is 0 Å². The molecule has 0 radical (unpaired) electrons. The Morgan fingerprint density at radius 2 is 1.50 bits per heavy atom. The van der Waals surface area contributed by atoms with E-state index in [-0.39, 0.29) is 27.5 Å². The fraction of sp³-hybridized carbons (Fsp3) is 0.625. The van der Waals surface area contributed by atoms with Crippen LogP contribution in [0.1, 0.15) is 41.0 Å². The maximum absolute atomic E-state index is 11.3. The second-order valence-electron chi connectivity index (χ2n) is 5.57. The Balaban J connectivity index is -0.00000102. The average molecular weight is 513 g/mol. The fourth-order valence-electron chi connectivity index (χ4n) is 2.10. The molecule has 0 aromatic rings. The maximum Gasteiger partial charge on any atom is 2.00 e. The monoisotopic (exact) mass is 513 g/mol. The molecule has 0 heterocycles. The van der Waals surface area contributed by atoms with Gasteiger partial charge in [0.05, 0.1) is 5.92 Å². The van der Waals surface area contributed by atoms with Crippen LogP contribution >= 0.6 is 0 Å². The minimum atomic E-state index is -1.52. The first-order valence-electron chi connectivity index (χ1n) is 7.25. The molecule has 0 rings (SSSR count). The van der Waals surface area contributed by atoms with Crippen molar-refractivity contribution >= 4 is 23.7 Å². The molecule has 138 valence electrons. The molecule has 0 amide bonds. The van der Waals surface area contributed by atoms with Crippen LogP contribution in [-0.4, -0.2) is 33.9 Å². The van der Waals surface area contributed by atoms with Crippen LogP contribution in [0.4, 0.5) is 0 Å². The zero-order chi connectivity index (χ0) is 18.7. The average Bonchev–Trinajstić information content (AvgIpc) is 2.35. The number of hydrogen-bond donors (Lipinski definition) is 2. The van der Waals surface area contributed by atoms with Gasteiger partial charge in [0, 0.05) is 11.9 Å². The topological polar surface area (TPSA) is 132 Å². The van der Waals surface area contributed by atoms with Crippen molar-refractivity contribution in [3.05, 3.63) is 12.8 Å². The van der Waals surface area contributed by atoms with Crippen LogP contribution in [0.15, 0.2) is 0 Å². The number of ketones is 1. The largest absolute Gasteiger partial charge is 2.00 e. The summed E-state index contributed by atoms with van der Waals surface area (Å²) < 4.78 is 0. The van der Waals surface area contributed by atoms with Crippen LogP contribution in [0.25, 0.3) is 0 Å². The van der Waals surface area contributed by atoms with Gasteiger partial charge in [0.25, 0.3) is 0 Å². The summed E-state index contributed by atoms with van der Waals surface area (Å²) in [6.07, 6.45) is 2.30. The molecule has 7 nitrogen and oxygen atoms in total. The van der Waals surface area contributed by atoms with Crippen LogP contribution in [0.2, 0.25) is 0 Å². The molecule has 8 heteroatoms. The molecule has 3 atom stereocenters. The Hall–Kier alpha value is -1.36. The molecule has 0 bridgehead atoms. The predicted molar refractivity (Wildman–Crippen MR) is 80.8 cm³/mol. The number of carboxylic acid groups (broad SMARTS) is 3. The Labute approximate surface area is 157 Å². The van der Waals surface area contributed by atoms with Crippen molar-refractivity contribution in [2.24, 2.45) is 23.7 Å². The summed E-state index contributed by atoms with van der Waals surface area (Å²) in [7, 11) is 0. The van der Waals surface area contributed by atoms with E-state index in [1.807, 2.05) is 20.3 Å². The standard InChI is InChI=1S/C13H19O7.C3H7.W/c1-6(2)11(13(19)20)9(12(17)18)4-8(7(3)14)5-10(15)16;1-3-2;/h5-6,8-9,11H,4H2,1-3H3,(H,15,16)(H,17,18)(H,19,20);3H,1-2H3;/q2*-1;+2/p-1. The molecule has 0 saturated heterocycles. The zero-order valence-electron chi connectivity index (χ0n) is 14.5. The minimum absolute atomic E-state index is 0. The van der Waals surface area contributed by atoms with E-state index in [1.165, 1.54) is 13.8 Å². The number of carbonyl (C=O) groups is 4. The van der Waals surface area contributed by atoms with Crippen molar-refractivity contribution in [3.63, 3.8) is 0 Å². The molecule has 0 aromatic heterocycles. The molecule has 0 aliphatic rings. The van der Waals surface area contributed by atoms with Gasteiger partial charge in [0.2, 0.25) is 0 Å². The summed E-state index contributed by atoms with van der Waals surface area (Å²) in [5, 5.41) is 28.9. The Kier molecular flexibility index (Phi) is 16.1. The van der Waals surface area contributed by atoms with E-state index in [1.54, 1.807) is 0 Å². The van der Waals surface area contributed by atoms with Gasteiger partial charge in [0.1, 0.15) is 5.78 Å². The molecule has 0 fully saturated rings. The third kappa shape index (κ3) is 11.2. The number of aliphatic carboxylic acids is 3. The minimum Gasteiger partial charge on any atom is -0.550 e. The van der Waals surface area contributed by atoms with Gasteiger partial charge in [-0.2, -0.15) is 13.8 Å². The third-order valence-corrected chi connectivity index (χ3v) is 3.11. The van der Waals surface area contributed by atoms with Crippen LogP contribution in [0.5, 0.6) is 0 Å². The van der Waals surface area contributed by atoms with Gasteiger partial charge >= 0.3 is 27.0 Å². The summed E-state index contributed by atoms with van der Waals surface area (Å²) in [6.45, 7) is 8.19. The fourth-order valence-corrected chi connectivity index (χ4v) is 2.10. The smallest absolute Gasteiger partial charge is 0.550 e. The van der Waals surface area contributed by atoms with Crippen molar-refractivity contribution in [3.8, 4) is 0 Å². The number of carbonyl (C=O) groups excluding carboxylic acids is 2. The molecule has 2 N–H and O–H groups in total. The Morgan fingerprint density at radius 3 is 1.71 bits per heavy atom. The molecule has 0 spiro atoms. The number of hydrogen-bond acceptors (Lipinski definition) is 5. The van der Waals surface area contributed by atoms with Crippen molar-refractivity contribution in [2.45, 2.75) is 41.0 Å². The van der Waals surface area contributed by atoms with Crippen LogP contribution in [0, 0.1) is 36.5 Å². The third-order valence-electron chi connectivity index (χ3n) is 3.11. The van der Waals surface area contributed by atoms with Crippen LogP contribution in [0.3, 0.4) is 0 Å². The molecular formula is C16H25O7W-. The number of carboxylic acids is 3. The molecule has 0 aliphatic heterocycles. The van der Waals surface area contributed by atoms with E-state index >= 15 is 0 Å². The van der Waals surface area contributed by atoms with Crippen LogP contribution in [-0.2, 0) is 40.2 Å². The quantitative estimate of drug-likeness (QED) is 0.437. The van der Waals surface area contributed by atoms with E-state index in [0.717, 1.165) is 6.92 Å². The molecule has 0 saturated carbocycles. The molecule has 0 aliphatic carbocycles. The van der Waals surface area contributed by atoms with E-state index in [0.29, 0.717) is 6.42 Å². The van der Waals surface area contributed by atoms with Gasteiger partial charge in [-0.05, 0) is 12.8 Å². The zero-order valence-corrected chi connectivity index (χ0v) is 17.4. The molecule has 3 unspecified atom stereocenters. The summed E-state index contributed by atoms with van der Waals surface area (Å²) in [6, 6.07) is 0. The van der Waals surface area contributed by atoms with E-state index in [2.05, 4.69) is 0 Å². The summed E-state index contributed by atoms with van der Waals surface area (Å²) in [5.74, 6) is -9.14. The van der Waals surface area contributed by atoms with E-state index < -0.39 is 47.4 Å². The predicted octanol–water partition coefficient (Wildman–Crippen LogP) is 0.821. The van der Waals surface area contributed by atoms with Gasteiger partial charge in [0.15, 0.2) is 5.97 Å². The summed E-state index contributed by atoms with van der Waals surface area (Å²) in [4.78, 5) is 44.3. The van der Waals surface area contributed by atoms with Crippen molar-refractivity contribution in [2.75, 3.05) is 0 Å². The molecule has 24 heavy (non-hydrogen) atoms. The van der Waals surface area contributed by atoms with Crippen molar-refractivity contribution < 1.29 is 55.6 Å². The first-order chi connectivity index (χ1) is 10.5. The first kappa shape index (κ1) is 27.5. The molecule has 0 aromatic carbocycles. The molecular weight excluding hydrogens is 488 g/mol. The van der Waals surface area contributed by atoms with Gasteiger partial charge in [-0.3, -0.25) is 16.0 Å². The van der Waals surface area contributed by atoms with Gasteiger partial charge in [-0.15, -0.1) is 0 Å². The van der Waals surface area contributed by atoms with Crippen LogP contribution < -0.4 is 5.11 Å². The number of rotatable bonds is 9. The maximum atomic E-state index is 11.3. The second-order valence-corrected chi connectivity index (χ2v) is 5.57. The Bertz CT molecular complexity index is 421. The second kappa shape index (κ2) is 14.0. The summed E-state index contributed by atoms with van der Waals surface area (Å²) >= 11 is 0. The SMILES string of the molecule is CC(=O)C([CH-]C(=O)O)CC(C(=O)O)C(C(=O)[O-])C(C)C.C[CH-]C.[W+2]. The normalized spacial score (nSPS) is 13.4. The van der Waals surface area contributed by atoms with Crippen molar-refractivity contribution in [1.29, 1.82) is 0 Å². The summed E-state index contributed by atoms with van der Waals surface area (Å²) in [5.41, 5.74) is 0. The van der Waals surface area contributed by atoms with Gasteiger partial charge in [-0.1, -0.05) is 26.2 Å². The van der Waals surface area contributed by atoms with E-state index in [4.69, 9.17) is 10.2 Å². The first-order valence-corrected chi connectivity index (χ1v) is 7.25. The van der Waals surface area contributed by atoms with E-state index in [9.17, 15) is 24.3 Å². The van der Waals surface area contributed by atoms with Gasteiger partial charge < -0.3 is 31.3 Å². The Morgan fingerprint density at radius 1 is 1.08 bits per heavy atom. The van der Waals surface area contributed by atoms with Gasteiger partial charge in [-0.25, -0.2) is 0 Å². The number of Topliss-reactive ketones (excluding diaryl/α,β-unsaturated/α-hetero) is 1.